The SMILES string of the molecule is O=C(NCC1CCCO1)c1cc(S(=O)(=O)C2CCS(=O)(=O)C2)ccc1F. The zero-order valence-corrected chi connectivity index (χ0v) is 15.6. The van der Waals surface area contributed by atoms with Crippen molar-refractivity contribution in [3.63, 3.8) is 0 Å². The lowest BCUT2D eigenvalue weighted by Gasteiger charge is -2.13. The Kier molecular flexibility index (Phi) is 5.36. The van der Waals surface area contributed by atoms with E-state index in [1.165, 1.54) is 0 Å². The Hall–Kier alpha value is -1.52. The summed E-state index contributed by atoms with van der Waals surface area (Å²) >= 11 is 0. The van der Waals surface area contributed by atoms with Crippen molar-refractivity contribution in [2.45, 2.75) is 35.5 Å². The van der Waals surface area contributed by atoms with Crippen LogP contribution in [0.2, 0.25) is 0 Å². The summed E-state index contributed by atoms with van der Waals surface area (Å²) in [6.07, 6.45) is 1.57. The molecule has 7 nitrogen and oxygen atoms in total. The van der Waals surface area contributed by atoms with Crippen LogP contribution in [0.3, 0.4) is 0 Å². The largest absolute Gasteiger partial charge is 0.376 e. The van der Waals surface area contributed by atoms with Gasteiger partial charge in [-0.05, 0) is 37.5 Å². The second-order valence-corrected chi connectivity index (χ2v) is 11.0. The number of hydrogen-bond donors (Lipinski definition) is 1. The molecule has 1 aromatic carbocycles. The number of hydrogen-bond acceptors (Lipinski definition) is 6. The quantitative estimate of drug-likeness (QED) is 0.723. The van der Waals surface area contributed by atoms with Gasteiger partial charge in [-0.2, -0.15) is 0 Å². The molecule has 0 spiro atoms. The first-order valence-electron chi connectivity index (χ1n) is 8.33. The molecule has 0 saturated carbocycles. The fourth-order valence-corrected chi connectivity index (χ4v) is 7.54. The van der Waals surface area contributed by atoms with Gasteiger partial charge in [0.25, 0.3) is 5.91 Å². The van der Waals surface area contributed by atoms with Crippen LogP contribution in [0.15, 0.2) is 23.1 Å². The van der Waals surface area contributed by atoms with E-state index in [1.54, 1.807) is 0 Å². The molecule has 2 atom stereocenters. The average molecular weight is 405 g/mol. The van der Waals surface area contributed by atoms with Crippen molar-refractivity contribution < 1.29 is 30.8 Å². The van der Waals surface area contributed by atoms with Gasteiger partial charge in [0.15, 0.2) is 19.7 Å². The predicted octanol–water partition coefficient (Wildman–Crippen LogP) is 0.695. The van der Waals surface area contributed by atoms with Crippen molar-refractivity contribution in [2.24, 2.45) is 0 Å². The van der Waals surface area contributed by atoms with E-state index in [9.17, 15) is 26.0 Å². The zero-order valence-electron chi connectivity index (χ0n) is 14.0. The van der Waals surface area contributed by atoms with Gasteiger partial charge in [0.1, 0.15) is 5.82 Å². The third-order valence-electron chi connectivity index (χ3n) is 4.65. The van der Waals surface area contributed by atoms with E-state index in [4.69, 9.17) is 4.74 Å². The maximum atomic E-state index is 14.0. The van der Waals surface area contributed by atoms with E-state index in [0.717, 1.165) is 31.0 Å². The Bertz CT molecular complexity index is 907. The van der Waals surface area contributed by atoms with Crippen LogP contribution in [0.5, 0.6) is 0 Å². The van der Waals surface area contributed by atoms with Crippen molar-refractivity contribution >= 4 is 25.6 Å². The van der Waals surface area contributed by atoms with E-state index >= 15 is 0 Å². The van der Waals surface area contributed by atoms with E-state index in [1.807, 2.05) is 0 Å². The topological polar surface area (TPSA) is 107 Å². The molecule has 2 aliphatic heterocycles. The number of amides is 1. The molecule has 2 saturated heterocycles. The molecule has 0 aromatic heterocycles. The van der Waals surface area contributed by atoms with E-state index < -0.39 is 42.4 Å². The molecule has 144 valence electrons. The molecule has 2 heterocycles. The van der Waals surface area contributed by atoms with Gasteiger partial charge in [-0.3, -0.25) is 4.79 Å². The Labute approximate surface area is 151 Å². The lowest BCUT2D eigenvalue weighted by atomic mass is 10.2. The van der Waals surface area contributed by atoms with Crippen molar-refractivity contribution in [2.75, 3.05) is 24.7 Å². The third kappa shape index (κ3) is 4.07. The van der Waals surface area contributed by atoms with Crippen LogP contribution in [0.1, 0.15) is 29.6 Å². The van der Waals surface area contributed by atoms with Gasteiger partial charge in [0.2, 0.25) is 0 Å². The summed E-state index contributed by atoms with van der Waals surface area (Å²) in [6.45, 7) is 0.836. The van der Waals surface area contributed by atoms with E-state index in [2.05, 4.69) is 5.32 Å². The van der Waals surface area contributed by atoms with Gasteiger partial charge in [0, 0.05) is 13.2 Å². The number of halogens is 1. The monoisotopic (exact) mass is 405 g/mol. The number of carbonyl (C=O) groups is 1. The summed E-state index contributed by atoms with van der Waals surface area (Å²) < 4.78 is 67.8. The number of sulfone groups is 2. The highest BCUT2D eigenvalue weighted by Crippen LogP contribution is 2.26. The molecule has 0 bridgehead atoms. The van der Waals surface area contributed by atoms with Crippen molar-refractivity contribution in [3.05, 3.63) is 29.6 Å². The van der Waals surface area contributed by atoms with Gasteiger partial charge in [-0.25, -0.2) is 21.2 Å². The molecular formula is C16H20FNO6S2. The van der Waals surface area contributed by atoms with E-state index in [-0.39, 0.29) is 35.3 Å². The molecule has 2 aliphatic rings. The Morgan fingerprint density at radius 1 is 1.31 bits per heavy atom. The first-order valence-corrected chi connectivity index (χ1v) is 11.7. The minimum Gasteiger partial charge on any atom is -0.376 e. The lowest BCUT2D eigenvalue weighted by Crippen LogP contribution is -2.32. The number of ether oxygens (including phenoxy) is 1. The highest BCUT2D eigenvalue weighted by Gasteiger charge is 2.38. The maximum absolute atomic E-state index is 14.0. The number of carbonyl (C=O) groups excluding carboxylic acids is 1. The molecule has 10 heteroatoms. The summed E-state index contributed by atoms with van der Waals surface area (Å²) in [5, 5.41) is 1.48. The normalized spacial score (nSPS) is 25.3. The first kappa shape index (κ1) is 19.2. The smallest absolute Gasteiger partial charge is 0.254 e. The van der Waals surface area contributed by atoms with Gasteiger partial charge < -0.3 is 10.1 Å². The standard InChI is InChI=1S/C16H20FNO6S2/c17-15-4-3-12(26(22,23)13-5-7-25(20,21)10-13)8-14(15)16(19)18-9-11-2-1-6-24-11/h3-4,8,11,13H,1-2,5-7,9-10H2,(H,18,19). The van der Waals surface area contributed by atoms with Crippen LogP contribution >= 0.6 is 0 Å². The lowest BCUT2D eigenvalue weighted by molar-refractivity contribution is 0.0854. The van der Waals surface area contributed by atoms with Crippen molar-refractivity contribution in [1.29, 1.82) is 0 Å². The fourth-order valence-electron chi connectivity index (χ4n) is 3.16. The van der Waals surface area contributed by atoms with Crippen molar-refractivity contribution in [3.8, 4) is 0 Å². The van der Waals surface area contributed by atoms with Gasteiger partial charge in [-0.1, -0.05) is 0 Å². The molecule has 0 aliphatic carbocycles. The number of nitrogens with one attached hydrogen (secondary N) is 1. The first-order chi connectivity index (χ1) is 12.2. The third-order valence-corrected chi connectivity index (χ3v) is 8.82. The van der Waals surface area contributed by atoms with Crippen LogP contribution in [0.25, 0.3) is 0 Å². The van der Waals surface area contributed by atoms with Gasteiger partial charge >= 0.3 is 0 Å². The van der Waals surface area contributed by atoms with Crippen LogP contribution in [0, 0.1) is 5.82 Å². The van der Waals surface area contributed by atoms with Crippen LogP contribution in [0.4, 0.5) is 4.39 Å². The maximum Gasteiger partial charge on any atom is 0.254 e. The molecule has 26 heavy (non-hydrogen) atoms. The number of rotatable bonds is 5. The second kappa shape index (κ2) is 7.24. The summed E-state index contributed by atoms with van der Waals surface area (Å²) in [4.78, 5) is 12.0. The Morgan fingerprint density at radius 2 is 2.08 bits per heavy atom. The highest BCUT2D eigenvalue weighted by molar-refractivity contribution is 7.96. The van der Waals surface area contributed by atoms with E-state index in [0.29, 0.717) is 6.61 Å². The molecule has 3 rings (SSSR count). The summed E-state index contributed by atoms with van der Waals surface area (Å²) in [5.41, 5.74) is -0.384. The summed E-state index contributed by atoms with van der Waals surface area (Å²) in [7, 11) is -7.35. The minimum atomic E-state index is -3.96. The molecule has 2 unspecified atom stereocenters. The summed E-state index contributed by atoms with van der Waals surface area (Å²) in [5.74, 6) is -2.21. The fraction of sp³-hybridized carbons (Fsp3) is 0.562. The minimum absolute atomic E-state index is 0.00257. The molecular weight excluding hydrogens is 385 g/mol. The van der Waals surface area contributed by atoms with Crippen LogP contribution in [-0.2, 0) is 24.4 Å². The molecule has 1 amide bonds. The summed E-state index contributed by atoms with van der Waals surface area (Å²) in [6, 6.07) is 2.95. The Morgan fingerprint density at radius 3 is 2.69 bits per heavy atom. The molecule has 0 radical (unpaired) electrons. The highest BCUT2D eigenvalue weighted by atomic mass is 32.2. The Balaban J connectivity index is 1.79. The average Bonchev–Trinajstić information content (AvgIpc) is 3.22. The molecule has 1 N–H and O–H groups in total. The van der Waals surface area contributed by atoms with Crippen molar-refractivity contribution in [1.82, 2.24) is 5.32 Å². The predicted molar refractivity (Wildman–Crippen MR) is 92.0 cm³/mol. The molecule has 1 aromatic rings. The van der Waals surface area contributed by atoms with Crippen LogP contribution < -0.4 is 5.32 Å². The van der Waals surface area contributed by atoms with Gasteiger partial charge in [0.05, 0.1) is 33.3 Å². The van der Waals surface area contributed by atoms with Gasteiger partial charge in [-0.15, -0.1) is 0 Å². The van der Waals surface area contributed by atoms with Crippen LogP contribution in [-0.4, -0.2) is 58.8 Å². The zero-order chi connectivity index (χ0) is 18.9. The second-order valence-electron chi connectivity index (χ2n) is 6.56. The number of benzene rings is 1. The molecule has 2 fully saturated rings.